The zero-order valence-electron chi connectivity index (χ0n) is 13.0. The van der Waals surface area contributed by atoms with E-state index >= 15 is 0 Å². The molecule has 4 heteroatoms. The summed E-state index contributed by atoms with van der Waals surface area (Å²) in [7, 11) is 0. The molecule has 0 bridgehead atoms. The Morgan fingerprint density at radius 3 is 2.68 bits per heavy atom. The summed E-state index contributed by atoms with van der Waals surface area (Å²) in [5.74, 6) is 0.495. The highest BCUT2D eigenvalue weighted by Crippen LogP contribution is 2.21. The molecule has 2 aromatic carbocycles. The van der Waals surface area contributed by atoms with Crippen molar-refractivity contribution in [2.24, 2.45) is 0 Å². The van der Waals surface area contributed by atoms with E-state index in [-0.39, 0.29) is 5.91 Å². The predicted octanol–water partition coefficient (Wildman–Crippen LogP) is 4.04. The molecule has 0 fully saturated rings. The first-order valence-electron chi connectivity index (χ1n) is 7.22. The van der Waals surface area contributed by atoms with Crippen LogP contribution in [0.4, 0.5) is 0 Å². The van der Waals surface area contributed by atoms with Gasteiger partial charge in [-0.15, -0.1) is 0 Å². The zero-order valence-corrected chi connectivity index (χ0v) is 13.8. The number of carbonyl (C=O) groups excluding carboxylic acids is 1. The van der Waals surface area contributed by atoms with Crippen molar-refractivity contribution in [3.63, 3.8) is 0 Å². The molecule has 0 radical (unpaired) electrons. The number of halogens is 1. The van der Waals surface area contributed by atoms with Gasteiger partial charge in [0.1, 0.15) is 5.75 Å². The summed E-state index contributed by atoms with van der Waals surface area (Å²) in [4.78, 5) is 12.1. The normalized spacial score (nSPS) is 11.8. The highest BCUT2D eigenvalue weighted by molar-refractivity contribution is 6.31. The quantitative estimate of drug-likeness (QED) is 0.903. The lowest BCUT2D eigenvalue weighted by Crippen LogP contribution is -2.35. The molecule has 116 valence electrons. The lowest BCUT2D eigenvalue weighted by molar-refractivity contribution is -0.127. The highest BCUT2D eigenvalue weighted by atomic mass is 35.5. The van der Waals surface area contributed by atoms with Gasteiger partial charge in [0.2, 0.25) is 0 Å². The molecule has 0 aliphatic carbocycles. The number of nitrogens with one attached hydrogen (secondary N) is 1. The van der Waals surface area contributed by atoms with Crippen molar-refractivity contribution in [3.8, 4) is 5.75 Å². The Bertz CT molecular complexity index is 670. The molecule has 1 amide bonds. The van der Waals surface area contributed by atoms with Crippen LogP contribution < -0.4 is 10.1 Å². The van der Waals surface area contributed by atoms with Crippen molar-refractivity contribution in [2.45, 2.75) is 33.4 Å². The molecular formula is C18H20ClNO2. The molecule has 0 aliphatic rings. The Morgan fingerprint density at radius 2 is 2.00 bits per heavy atom. The molecule has 0 saturated heterocycles. The van der Waals surface area contributed by atoms with Gasteiger partial charge in [-0.1, -0.05) is 41.4 Å². The minimum Gasteiger partial charge on any atom is -0.481 e. The molecule has 0 spiro atoms. The Kier molecular flexibility index (Phi) is 5.45. The molecule has 0 unspecified atom stereocenters. The maximum absolute atomic E-state index is 12.1. The fraction of sp³-hybridized carbons (Fsp3) is 0.278. The maximum Gasteiger partial charge on any atom is 0.261 e. The number of amides is 1. The fourth-order valence-corrected chi connectivity index (χ4v) is 2.22. The minimum atomic E-state index is -0.564. The lowest BCUT2D eigenvalue weighted by atomic mass is 10.1. The SMILES string of the molecule is Cc1cccc(CNC(=O)[C@H](C)Oc2ccc(Cl)c(C)c2)c1. The van der Waals surface area contributed by atoms with E-state index in [0.29, 0.717) is 17.3 Å². The summed E-state index contributed by atoms with van der Waals surface area (Å²) in [6, 6.07) is 13.4. The molecule has 1 atom stereocenters. The summed E-state index contributed by atoms with van der Waals surface area (Å²) >= 11 is 5.98. The van der Waals surface area contributed by atoms with Crippen LogP contribution in [0.5, 0.6) is 5.75 Å². The van der Waals surface area contributed by atoms with E-state index in [9.17, 15) is 4.79 Å². The van der Waals surface area contributed by atoms with Gasteiger partial charge in [-0.05, 0) is 50.1 Å². The van der Waals surface area contributed by atoms with Gasteiger partial charge in [0.05, 0.1) is 0 Å². The van der Waals surface area contributed by atoms with Crippen LogP contribution in [0, 0.1) is 13.8 Å². The van der Waals surface area contributed by atoms with E-state index in [4.69, 9.17) is 16.3 Å². The largest absolute Gasteiger partial charge is 0.481 e. The van der Waals surface area contributed by atoms with Gasteiger partial charge in [0.25, 0.3) is 5.91 Å². The van der Waals surface area contributed by atoms with Gasteiger partial charge < -0.3 is 10.1 Å². The van der Waals surface area contributed by atoms with Gasteiger partial charge in [-0.25, -0.2) is 0 Å². The summed E-state index contributed by atoms with van der Waals surface area (Å²) in [6.45, 7) is 6.15. The Balaban J connectivity index is 1.90. The monoisotopic (exact) mass is 317 g/mol. The van der Waals surface area contributed by atoms with Crippen LogP contribution in [0.25, 0.3) is 0 Å². The Hall–Kier alpha value is -2.00. The second-order valence-corrected chi connectivity index (χ2v) is 5.79. The van der Waals surface area contributed by atoms with Crippen LogP contribution in [0.2, 0.25) is 5.02 Å². The van der Waals surface area contributed by atoms with Crippen molar-refractivity contribution >= 4 is 17.5 Å². The van der Waals surface area contributed by atoms with Crippen LogP contribution in [-0.2, 0) is 11.3 Å². The second-order valence-electron chi connectivity index (χ2n) is 5.38. The van der Waals surface area contributed by atoms with E-state index in [2.05, 4.69) is 5.32 Å². The van der Waals surface area contributed by atoms with E-state index in [1.54, 1.807) is 19.1 Å². The Labute approximate surface area is 136 Å². The van der Waals surface area contributed by atoms with E-state index in [1.165, 1.54) is 5.56 Å². The van der Waals surface area contributed by atoms with Crippen LogP contribution in [0.1, 0.15) is 23.6 Å². The maximum atomic E-state index is 12.1. The number of hydrogen-bond acceptors (Lipinski definition) is 2. The van der Waals surface area contributed by atoms with E-state index in [0.717, 1.165) is 11.1 Å². The molecular weight excluding hydrogens is 298 g/mol. The number of ether oxygens (including phenoxy) is 1. The summed E-state index contributed by atoms with van der Waals surface area (Å²) in [6.07, 6.45) is -0.564. The van der Waals surface area contributed by atoms with Crippen LogP contribution in [-0.4, -0.2) is 12.0 Å². The first kappa shape index (κ1) is 16.4. The number of aryl methyl sites for hydroxylation is 2. The van der Waals surface area contributed by atoms with Gasteiger partial charge in [-0.3, -0.25) is 4.79 Å². The minimum absolute atomic E-state index is 0.144. The molecule has 1 N–H and O–H groups in total. The predicted molar refractivity (Wildman–Crippen MR) is 89.3 cm³/mol. The van der Waals surface area contributed by atoms with Gasteiger partial charge in [-0.2, -0.15) is 0 Å². The van der Waals surface area contributed by atoms with Crippen molar-refractivity contribution < 1.29 is 9.53 Å². The average molecular weight is 318 g/mol. The molecule has 0 heterocycles. The fourth-order valence-electron chi connectivity index (χ4n) is 2.10. The zero-order chi connectivity index (χ0) is 16.1. The topological polar surface area (TPSA) is 38.3 Å². The number of rotatable bonds is 5. The third-order valence-corrected chi connectivity index (χ3v) is 3.78. The Morgan fingerprint density at radius 1 is 1.23 bits per heavy atom. The number of hydrogen-bond donors (Lipinski definition) is 1. The van der Waals surface area contributed by atoms with Crippen molar-refractivity contribution in [1.82, 2.24) is 5.32 Å². The standard InChI is InChI=1S/C18H20ClNO2/c1-12-5-4-6-15(9-12)11-20-18(21)14(3)22-16-7-8-17(19)13(2)10-16/h4-10,14H,11H2,1-3H3,(H,20,21)/t14-/m0/s1. The average Bonchev–Trinajstić information content (AvgIpc) is 2.48. The first-order valence-corrected chi connectivity index (χ1v) is 7.59. The highest BCUT2D eigenvalue weighted by Gasteiger charge is 2.14. The first-order chi connectivity index (χ1) is 10.5. The van der Waals surface area contributed by atoms with E-state index < -0.39 is 6.10 Å². The van der Waals surface area contributed by atoms with Crippen molar-refractivity contribution in [2.75, 3.05) is 0 Å². The van der Waals surface area contributed by atoms with Gasteiger partial charge in [0, 0.05) is 11.6 Å². The molecule has 0 saturated carbocycles. The molecule has 2 rings (SSSR count). The molecule has 3 nitrogen and oxygen atoms in total. The third-order valence-electron chi connectivity index (χ3n) is 3.36. The smallest absolute Gasteiger partial charge is 0.261 e. The molecule has 22 heavy (non-hydrogen) atoms. The summed E-state index contributed by atoms with van der Waals surface area (Å²) in [5, 5.41) is 3.57. The molecule has 2 aromatic rings. The second kappa shape index (κ2) is 7.32. The third kappa shape index (κ3) is 4.50. The van der Waals surface area contributed by atoms with Crippen LogP contribution >= 0.6 is 11.6 Å². The van der Waals surface area contributed by atoms with Crippen LogP contribution in [0.3, 0.4) is 0 Å². The summed E-state index contributed by atoms with van der Waals surface area (Å²) in [5.41, 5.74) is 3.17. The molecule has 0 aliphatic heterocycles. The van der Waals surface area contributed by atoms with Crippen LogP contribution in [0.15, 0.2) is 42.5 Å². The van der Waals surface area contributed by atoms with Crippen molar-refractivity contribution in [3.05, 3.63) is 64.2 Å². The van der Waals surface area contributed by atoms with Gasteiger partial charge >= 0.3 is 0 Å². The molecule has 0 aromatic heterocycles. The number of carbonyl (C=O) groups is 1. The summed E-state index contributed by atoms with van der Waals surface area (Å²) < 4.78 is 5.65. The van der Waals surface area contributed by atoms with Crippen molar-refractivity contribution in [1.29, 1.82) is 0 Å². The van der Waals surface area contributed by atoms with Gasteiger partial charge in [0.15, 0.2) is 6.10 Å². The van der Waals surface area contributed by atoms with E-state index in [1.807, 2.05) is 44.2 Å². The lowest BCUT2D eigenvalue weighted by Gasteiger charge is -2.15. The number of benzene rings is 2.